The molecule has 0 bridgehead atoms. The zero-order chi connectivity index (χ0) is 21.5. The Morgan fingerprint density at radius 3 is 2.83 bits per heavy atom. The second-order valence-corrected chi connectivity index (χ2v) is 5.96. The number of carbonyl (C=O) groups is 1. The number of aryl methyl sites for hydroxylation is 1. The Morgan fingerprint density at radius 2 is 2.10 bits per heavy atom. The largest absolute Gasteiger partial charge is 0.495 e. The van der Waals surface area contributed by atoms with Crippen molar-refractivity contribution in [1.82, 2.24) is 25.4 Å². The summed E-state index contributed by atoms with van der Waals surface area (Å²) in [4.78, 5) is 28.6. The van der Waals surface area contributed by atoms with Crippen molar-refractivity contribution >= 4 is 12.1 Å². The van der Waals surface area contributed by atoms with Gasteiger partial charge in [-0.2, -0.15) is 9.49 Å². The molecule has 0 aromatic carbocycles. The third-order valence-corrected chi connectivity index (χ3v) is 3.94. The summed E-state index contributed by atoms with van der Waals surface area (Å²) in [5.41, 5.74) is 4.27. The topological polar surface area (TPSA) is 111 Å². The molecular weight excluding hydrogens is 391 g/mol. The molecule has 1 N–H and O–H groups in total. The van der Waals surface area contributed by atoms with Crippen molar-refractivity contribution < 1.29 is 18.7 Å². The summed E-state index contributed by atoms with van der Waals surface area (Å²) in [6.45, 7) is 4.20. The first-order chi connectivity index (χ1) is 14.5. The monoisotopic (exact) mass is 410 g/mol. The zero-order valence-electron chi connectivity index (χ0n) is 16.6. The van der Waals surface area contributed by atoms with Crippen LogP contribution in [-0.4, -0.2) is 45.8 Å². The molecule has 10 heteroatoms. The average Bonchev–Trinajstić information content (AvgIpc) is 2.75. The van der Waals surface area contributed by atoms with Crippen molar-refractivity contribution in [2.45, 2.75) is 13.8 Å². The molecule has 0 aliphatic heterocycles. The van der Waals surface area contributed by atoms with E-state index < -0.39 is 11.9 Å². The van der Waals surface area contributed by atoms with Crippen LogP contribution in [0.2, 0.25) is 0 Å². The summed E-state index contributed by atoms with van der Waals surface area (Å²) in [6, 6.07) is 4.93. The maximum Gasteiger partial charge on any atom is 0.291 e. The first kappa shape index (κ1) is 20.8. The summed E-state index contributed by atoms with van der Waals surface area (Å²) in [5.74, 6) is -0.473. The van der Waals surface area contributed by atoms with E-state index in [1.807, 2.05) is 13.8 Å². The molecule has 3 rings (SSSR count). The highest BCUT2D eigenvalue weighted by molar-refractivity contribution is 5.93. The van der Waals surface area contributed by atoms with Crippen LogP contribution in [0.3, 0.4) is 0 Å². The van der Waals surface area contributed by atoms with E-state index in [-0.39, 0.29) is 11.3 Å². The van der Waals surface area contributed by atoms with Crippen LogP contribution < -0.4 is 14.9 Å². The number of rotatable bonds is 7. The van der Waals surface area contributed by atoms with Crippen molar-refractivity contribution in [3.63, 3.8) is 0 Å². The average molecular weight is 410 g/mol. The van der Waals surface area contributed by atoms with Gasteiger partial charge in [-0.1, -0.05) is 0 Å². The van der Waals surface area contributed by atoms with Crippen LogP contribution >= 0.6 is 0 Å². The number of nitrogens with one attached hydrogen (secondary N) is 1. The normalized spacial score (nSPS) is 10.8. The molecule has 0 saturated heterocycles. The van der Waals surface area contributed by atoms with Gasteiger partial charge in [0, 0.05) is 11.6 Å². The highest BCUT2D eigenvalue weighted by Crippen LogP contribution is 2.22. The first-order valence-electron chi connectivity index (χ1n) is 8.97. The van der Waals surface area contributed by atoms with E-state index in [0.717, 1.165) is 6.21 Å². The molecule has 154 valence electrons. The van der Waals surface area contributed by atoms with Crippen molar-refractivity contribution in [3.8, 4) is 22.9 Å². The number of hydrazone groups is 1. The molecule has 30 heavy (non-hydrogen) atoms. The quantitative estimate of drug-likeness (QED) is 0.362. The van der Waals surface area contributed by atoms with Gasteiger partial charge < -0.3 is 9.47 Å². The number of halogens is 1. The van der Waals surface area contributed by atoms with Gasteiger partial charge in [0.25, 0.3) is 5.91 Å². The molecule has 3 heterocycles. The molecule has 3 aromatic heterocycles. The number of nitrogens with zero attached hydrogens (tertiary/aromatic N) is 5. The van der Waals surface area contributed by atoms with E-state index >= 15 is 0 Å². The van der Waals surface area contributed by atoms with Gasteiger partial charge in [0.1, 0.15) is 11.4 Å². The Labute approximate surface area is 172 Å². The highest BCUT2D eigenvalue weighted by atomic mass is 19.1. The zero-order valence-corrected chi connectivity index (χ0v) is 16.6. The molecule has 0 saturated carbocycles. The van der Waals surface area contributed by atoms with Crippen LogP contribution in [-0.2, 0) is 0 Å². The molecule has 0 radical (unpaired) electrons. The Bertz CT molecular complexity index is 1090. The predicted molar refractivity (Wildman–Crippen MR) is 107 cm³/mol. The van der Waals surface area contributed by atoms with Crippen LogP contribution in [0.25, 0.3) is 11.3 Å². The Balaban J connectivity index is 1.75. The SMILES string of the molecule is CCOc1ccc(-c2cncc(C(=O)N/N=C/c3cc(OC)cnc3F)n2)c(C)n1. The van der Waals surface area contributed by atoms with Gasteiger partial charge in [0.15, 0.2) is 0 Å². The number of amides is 1. The predicted octanol–water partition coefficient (Wildman–Crippen LogP) is 2.55. The summed E-state index contributed by atoms with van der Waals surface area (Å²) < 4.78 is 24.1. The van der Waals surface area contributed by atoms with Gasteiger partial charge in [-0.15, -0.1) is 0 Å². The van der Waals surface area contributed by atoms with Gasteiger partial charge >= 0.3 is 0 Å². The Kier molecular flexibility index (Phi) is 6.58. The minimum Gasteiger partial charge on any atom is -0.495 e. The lowest BCUT2D eigenvalue weighted by Gasteiger charge is -2.08. The van der Waals surface area contributed by atoms with Gasteiger partial charge in [0.2, 0.25) is 11.8 Å². The molecule has 0 aliphatic rings. The fourth-order valence-corrected chi connectivity index (χ4v) is 2.51. The first-order valence-corrected chi connectivity index (χ1v) is 8.97. The molecule has 0 atom stereocenters. The van der Waals surface area contributed by atoms with E-state index in [9.17, 15) is 9.18 Å². The molecule has 0 spiro atoms. The second kappa shape index (κ2) is 9.50. The van der Waals surface area contributed by atoms with E-state index in [4.69, 9.17) is 9.47 Å². The summed E-state index contributed by atoms with van der Waals surface area (Å²) >= 11 is 0. The minimum absolute atomic E-state index is 0.0437. The number of pyridine rings is 2. The van der Waals surface area contributed by atoms with Crippen LogP contribution in [0.1, 0.15) is 28.7 Å². The van der Waals surface area contributed by atoms with Crippen molar-refractivity contribution in [3.05, 3.63) is 59.7 Å². The molecule has 0 aliphatic carbocycles. The summed E-state index contributed by atoms with van der Waals surface area (Å²) in [5, 5.41) is 3.75. The van der Waals surface area contributed by atoms with Crippen LogP contribution in [0.15, 0.2) is 41.9 Å². The van der Waals surface area contributed by atoms with Crippen LogP contribution in [0.4, 0.5) is 4.39 Å². The van der Waals surface area contributed by atoms with E-state index in [0.29, 0.717) is 35.2 Å². The maximum absolute atomic E-state index is 13.7. The second-order valence-electron chi connectivity index (χ2n) is 5.96. The number of methoxy groups -OCH3 is 1. The third-order valence-electron chi connectivity index (χ3n) is 3.94. The summed E-state index contributed by atoms with van der Waals surface area (Å²) in [7, 11) is 1.44. The van der Waals surface area contributed by atoms with Gasteiger partial charge in [0.05, 0.1) is 55.5 Å². The number of aromatic nitrogens is 4. The van der Waals surface area contributed by atoms with Gasteiger partial charge in [-0.05, 0) is 26.0 Å². The lowest BCUT2D eigenvalue weighted by atomic mass is 10.1. The van der Waals surface area contributed by atoms with E-state index in [1.165, 1.54) is 31.8 Å². The Hall–Kier alpha value is -3.95. The fraction of sp³-hybridized carbons (Fsp3) is 0.200. The standard InChI is InChI=1S/C20H19FN6O3/c1-4-30-18-6-5-15(12(2)25-18)16-10-22-11-17(26-16)20(28)27-24-8-13-7-14(29-3)9-23-19(13)21/h5-11H,4H2,1-3H3,(H,27,28)/b24-8+. The van der Waals surface area contributed by atoms with Crippen LogP contribution in [0.5, 0.6) is 11.6 Å². The lowest BCUT2D eigenvalue weighted by Crippen LogP contribution is -2.19. The number of ether oxygens (including phenoxy) is 2. The molecule has 0 unspecified atom stereocenters. The maximum atomic E-state index is 13.7. The summed E-state index contributed by atoms with van der Waals surface area (Å²) in [6.07, 6.45) is 5.20. The number of hydrogen-bond donors (Lipinski definition) is 1. The fourth-order valence-electron chi connectivity index (χ4n) is 2.51. The van der Waals surface area contributed by atoms with Gasteiger partial charge in [-0.25, -0.2) is 20.4 Å². The molecule has 0 fully saturated rings. The van der Waals surface area contributed by atoms with E-state index in [2.05, 4.69) is 30.5 Å². The number of hydrogen-bond acceptors (Lipinski definition) is 8. The van der Waals surface area contributed by atoms with E-state index in [1.54, 1.807) is 12.1 Å². The lowest BCUT2D eigenvalue weighted by molar-refractivity contribution is 0.0950. The Morgan fingerprint density at radius 1 is 1.27 bits per heavy atom. The van der Waals surface area contributed by atoms with Gasteiger partial charge in [-0.3, -0.25) is 9.78 Å². The van der Waals surface area contributed by atoms with Crippen LogP contribution in [0, 0.1) is 12.9 Å². The molecule has 9 nitrogen and oxygen atoms in total. The molecular formula is C20H19FN6O3. The highest BCUT2D eigenvalue weighted by Gasteiger charge is 2.12. The molecule has 3 aromatic rings. The van der Waals surface area contributed by atoms with Crippen molar-refractivity contribution in [2.24, 2.45) is 5.10 Å². The van der Waals surface area contributed by atoms with Crippen molar-refractivity contribution in [1.29, 1.82) is 0 Å². The minimum atomic E-state index is -0.742. The van der Waals surface area contributed by atoms with Crippen molar-refractivity contribution in [2.75, 3.05) is 13.7 Å². The molecule has 1 amide bonds. The smallest absolute Gasteiger partial charge is 0.291 e. The third kappa shape index (κ3) is 4.90. The number of carbonyl (C=O) groups excluding carboxylic acids is 1.